The molecule has 0 fully saturated rings. The topological polar surface area (TPSA) is 115 Å². The van der Waals surface area contributed by atoms with Gasteiger partial charge in [-0.05, 0) is 36.4 Å². The van der Waals surface area contributed by atoms with Crippen molar-refractivity contribution in [3.63, 3.8) is 0 Å². The van der Waals surface area contributed by atoms with Gasteiger partial charge in [0.1, 0.15) is 5.69 Å². The third kappa shape index (κ3) is 3.75. The minimum Gasteiger partial charge on any atom is -0.357 e. The largest absolute Gasteiger partial charge is 0.357 e. The normalized spacial score (nSPS) is 11.4. The summed E-state index contributed by atoms with van der Waals surface area (Å²) in [4.78, 5) is 4.34. The number of para-hydroxylation sites is 1. The number of primary sulfonamides is 1. The summed E-state index contributed by atoms with van der Waals surface area (Å²) in [6.45, 7) is 0. The second kappa shape index (κ2) is 7.12. The van der Waals surface area contributed by atoms with Gasteiger partial charge in [-0.1, -0.05) is 29.3 Å². The Morgan fingerprint density at radius 2 is 1.69 bits per heavy atom. The highest BCUT2D eigenvalue weighted by Crippen LogP contribution is 2.30. The molecule has 0 amide bonds. The zero-order chi connectivity index (χ0) is 18.9. The van der Waals surface area contributed by atoms with E-state index >= 15 is 0 Å². The number of nitrogens with two attached hydrogens (primary N) is 1. The maximum absolute atomic E-state index is 11.3. The van der Waals surface area contributed by atoms with E-state index in [0.717, 1.165) is 0 Å². The lowest BCUT2D eigenvalue weighted by Gasteiger charge is -2.08. The van der Waals surface area contributed by atoms with Crippen LogP contribution < -0.4 is 15.8 Å². The molecular weight excluding hydrogens is 399 g/mol. The standard InChI is InChI=1S/C15H14Cl2N6O2S/c1-19-15-21-14(20-9-5-7-10(8-6-9)26(18,24)25)22-23(15)13-11(16)3-2-4-12(13)17/h2-8H,1H3,(H2,18,24,25)(H2,19,20,21,22). The molecule has 0 aliphatic heterocycles. The second-order valence-electron chi connectivity index (χ2n) is 5.19. The average molecular weight is 413 g/mol. The lowest BCUT2D eigenvalue weighted by atomic mass is 10.3. The zero-order valence-corrected chi connectivity index (χ0v) is 15.8. The summed E-state index contributed by atoms with van der Waals surface area (Å²) in [6.07, 6.45) is 0. The first-order chi connectivity index (χ1) is 12.3. The summed E-state index contributed by atoms with van der Waals surface area (Å²) < 4.78 is 24.1. The van der Waals surface area contributed by atoms with E-state index in [4.69, 9.17) is 28.3 Å². The van der Waals surface area contributed by atoms with E-state index in [2.05, 4.69) is 20.7 Å². The van der Waals surface area contributed by atoms with Gasteiger partial charge in [0.2, 0.25) is 21.9 Å². The van der Waals surface area contributed by atoms with Crippen LogP contribution in [0.1, 0.15) is 0 Å². The number of rotatable bonds is 5. The molecule has 2 aromatic carbocycles. The molecule has 0 aliphatic rings. The highest BCUT2D eigenvalue weighted by molar-refractivity contribution is 7.89. The van der Waals surface area contributed by atoms with Crippen molar-refractivity contribution < 1.29 is 8.42 Å². The van der Waals surface area contributed by atoms with Crippen molar-refractivity contribution in [1.29, 1.82) is 0 Å². The summed E-state index contributed by atoms with van der Waals surface area (Å²) in [5.74, 6) is 0.692. The molecule has 0 unspecified atom stereocenters. The van der Waals surface area contributed by atoms with Crippen molar-refractivity contribution in [1.82, 2.24) is 14.8 Å². The Kier molecular flexibility index (Phi) is 5.05. The molecule has 11 heteroatoms. The number of nitrogens with one attached hydrogen (secondary N) is 2. The van der Waals surface area contributed by atoms with E-state index in [9.17, 15) is 8.42 Å². The van der Waals surface area contributed by atoms with Gasteiger partial charge in [-0.25, -0.2) is 13.6 Å². The quantitative estimate of drug-likeness (QED) is 0.593. The van der Waals surface area contributed by atoms with Gasteiger partial charge in [-0.2, -0.15) is 9.67 Å². The van der Waals surface area contributed by atoms with Gasteiger partial charge in [0.15, 0.2) is 0 Å². The smallest absolute Gasteiger partial charge is 0.248 e. The fraction of sp³-hybridized carbons (Fsp3) is 0.0667. The van der Waals surface area contributed by atoms with Crippen LogP contribution in [-0.4, -0.2) is 30.2 Å². The summed E-state index contributed by atoms with van der Waals surface area (Å²) >= 11 is 12.5. The molecular formula is C15H14Cl2N6O2S. The molecule has 4 N–H and O–H groups in total. The third-order valence-corrected chi connectivity index (χ3v) is 4.96. The predicted octanol–water partition coefficient (Wildman–Crippen LogP) is 3.01. The highest BCUT2D eigenvalue weighted by Gasteiger charge is 2.16. The van der Waals surface area contributed by atoms with Gasteiger partial charge < -0.3 is 10.6 Å². The fourth-order valence-electron chi connectivity index (χ4n) is 2.23. The minimum absolute atomic E-state index is 0.0142. The maximum Gasteiger partial charge on any atom is 0.248 e. The molecule has 26 heavy (non-hydrogen) atoms. The predicted molar refractivity (Wildman–Crippen MR) is 102 cm³/mol. The van der Waals surface area contributed by atoms with Crippen LogP contribution in [-0.2, 0) is 10.0 Å². The second-order valence-corrected chi connectivity index (χ2v) is 7.56. The number of nitrogens with zero attached hydrogens (tertiary/aromatic N) is 3. The van der Waals surface area contributed by atoms with Crippen LogP contribution in [0.5, 0.6) is 0 Å². The third-order valence-electron chi connectivity index (χ3n) is 3.42. The first-order valence-electron chi connectivity index (χ1n) is 7.28. The monoisotopic (exact) mass is 412 g/mol. The molecule has 0 aliphatic carbocycles. The Balaban J connectivity index is 1.95. The van der Waals surface area contributed by atoms with Crippen molar-refractivity contribution >= 4 is 50.8 Å². The maximum atomic E-state index is 11.3. The van der Waals surface area contributed by atoms with E-state index < -0.39 is 10.0 Å². The van der Waals surface area contributed by atoms with E-state index in [1.807, 2.05) is 0 Å². The Bertz CT molecular complexity index is 1030. The summed E-state index contributed by atoms with van der Waals surface area (Å²) in [6, 6.07) is 11.0. The van der Waals surface area contributed by atoms with Crippen LogP contribution in [0.25, 0.3) is 5.69 Å². The zero-order valence-electron chi connectivity index (χ0n) is 13.4. The summed E-state index contributed by atoms with van der Waals surface area (Å²) in [5, 5.41) is 16.2. The highest BCUT2D eigenvalue weighted by atomic mass is 35.5. The molecule has 0 spiro atoms. The van der Waals surface area contributed by atoms with Crippen molar-refractivity contribution in [2.45, 2.75) is 4.90 Å². The van der Waals surface area contributed by atoms with Gasteiger partial charge in [-0.15, -0.1) is 5.10 Å². The Morgan fingerprint density at radius 3 is 2.23 bits per heavy atom. The summed E-state index contributed by atoms with van der Waals surface area (Å²) in [7, 11) is -2.06. The van der Waals surface area contributed by atoms with E-state index in [0.29, 0.717) is 27.4 Å². The Hall–Kier alpha value is -2.33. The molecule has 136 valence electrons. The van der Waals surface area contributed by atoms with Gasteiger partial charge in [0.25, 0.3) is 0 Å². The molecule has 3 aromatic rings. The fourth-order valence-corrected chi connectivity index (χ4v) is 3.30. The molecule has 1 heterocycles. The number of benzene rings is 2. The number of sulfonamides is 1. The molecule has 8 nitrogen and oxygen atoms in total. The number of anilines is 3. The van der Waals surface area contributed by atoms with Gasteiger partial charge in [-0.3, -0.25) is 0 Å². The van der Waals surface area contributed by atoms with Crippen molar-refractivity contribution in [2.75, 3.05) is 17.7 Å². The van der Waals surface area contributed by atoms with Gasteiger partial charge in [0, 0.05) is 12.7 Å². The first kappa shape index (κ1) is 18.5. The molecule has 0 bridgehead atoms. The van der Waals surface area contributed by atoms with Gasteiger partial charge in [0.05, 0.1) is 14.9 Å². The number of aromatic nitrogens is 3. The van der Waals surface area contributed by atoms with Crippen LogP contribution in [0.15, 0.2) is 47.4 Å². The molecule has 3 rings (SSSR count). The lowest BCUT2D eigenvalue weighted by Crippen LogP contribution is -2.11. The van der Waals surface area contributed by atoms with Crippen LogP contribution in [0, 0.1) is 0 Å². The van der Waals surface area contributed by atoms with E-state index in [-0.39, 0.29) is 10.8 Å². The molecule has 0 radical (unpaired) electrons. The molecule has 0 saturated carbocycles. The number of hydrogen-bond acceptors (Lipinski definition) is 6. The van der Waals surface area contributed by atoms with Crippen LogP contribution in [0.2, 0.25) is 10.0 Å². The van der Waals surface area contributed by atoms with Gasteiger partial charge >= 0.3 is 0 Å². The Morgan fingerprint density at radius 1 is 1.08 bits per heavy atom. The van der Waals surface area contributed by atoms with Crippen molar-refractivity contribution in [3.8, 4) is 5.69 Å². The number of hydrogen-bond donors (Lipinski definition) is 3. The SMILES string of the molecule is CNc1nc(Nc2ccc(S(N)(=O)=O)cc2)nn1-c1c(Cl)cccc1Cl. The molecule has 1 aromatic heterocycles. The lowest BCUT2D eigenvalue weighted by molar-refractivity contribution is 0.598. The summed E-state index contributed by atoms with van der Waals surface area (Å²) in [5.41, 5.74) is 1.08. The Labute approximate surface area is 160 Å². The molecule has 0 saturated heterocycles. The van der Waals surface area contributed by atoms with E-state index in [1.54, 1.807) is 37.4 Å². The van der Waals surface area contributed by atoms with E-state index in [1.165, 1.54) is 16.8 Å². The first-order valence-corrected chi connectivity index (χ1v) is 9.59. The minimum atomic E-state index is -3.75. The van der Waals surface area contributed by atoms with Crippen molar-refractivity contribution in [3.05, 3.63) is 52.5 Å². The average Bonchev–Trinajstić information content (AvgIpc) is 2.97. The molecule has 0 atom stereocenters. The van der Waals surface area contributed by atoms with Crippen molar-refractivity contribution in [2.24, 2.45) is 5.14 Å². The van der Waals surface area contributed by atoms with Crippen LogP contribution in [0.4, 0.5) is 17.6 Å². The number of halogens is 2. The van der Waals surface area contributed by atoms with Crippen LogP contribution >= 0.6 is 23.2 Å². The van der Waals surface area contributed by atoms with Crippen LogP contribution in [0.3, 0.4) is 0 Å².